The molecule has 1 spiro atoms. The largest absolute Gasteiger partial charge is 0.451 e. The van der Waals surface area contributed by atoms with Gasteiger partial charge in [-0.25, -0.2) is 28.7 Å². The predicted octanol–water partition coefficient (Wildman–Crippen LogP) is 2.70. The topological polar surface area (TPSA) is 111 Å². The van der Waals surface area contributed by atoms with Gasteiger partial charge in [0.1, 0.15) is 11.5 Å². The Bertz CT molecular complexity index is 1050. The second-order valence-corrected chi connectivity index (χ2v) is 8.32. The number of carbonyl (C=O) groups excluding carboxylic acids is 1. The number of anilines is 2. The van der Waals surface area contributed by atoms with E-state index < -0.39 is 30.9 Å². The number of alkyl halides is 5. The summed E-state index contributed by atoms with van der Waals surface area (Å²) in [6.45, 7) is 1.56. The van der Waals surface area contributed by atoms with E-state index in [0.717, 1.165) is 18.6 Å². The molecule has 4 rings (SSSR count). The first-order valence-corrected chi connectivity index (χ1v) is 10.4. The third-order valence-corrected chi connectivity index (χ3v) is 5.99. The number of hydrogen-bond acceptors (Lipinski definition) is 8. The molecule has 2 N–H and O–H groups in total. The lowest BCUT2D eigenvalue weighted by atomic mass is 9.72. The Hall–Kier alpha value is -3.45. The molecule has 2 aliphatic rings. The van der Waals surface area contributed by atoms with Crippen molar-refractivity contribution in [3.05, 3.63) is 35.7 Å². The van der Waals surface area contributed by atoms with Gasteiger partial charge >= 0.3 is 6.18 Å². The van der Waals surface area contributed by atoms with Gasteiger partial charge in [0.15, 0.2) is 5.82 Å². The van der Waals surface area contributed by atoms with Gasteiger partial charge in [-0.1, -0.05) is 0 Å². The molecule has 2 aromatic heterocycles. The van der Waals surface area contributed by atoms with Crippen LogP contribution in [0.4, 0.5) is 33.6 Å². The minimum atomic E-state index is -4.67. The van der Waals surface area contributed by atoms with E-state index in [-0.39, 0.29) is 22.5 Å². The van der Waals surface area contributed by atoms with Gasteiger partial charge in [-0.2, -0.15) is 13.2 Å². The number of nitrogens with zero attached hydrogens (tertiary/aromatic N) is 6. The van der Waals surface area contributed by atoms with Crippen molar-refractivity contribution in [1.29, 1.82) is 5.41 Å². The summed E-state index contributed by atoms with van der Waals surface area (Å²) in [6.07, 6.45) is -1.63. The summed E-state index contributed by atoms with van der Waals surface area (Å²) in [5.74, 6) is -1.08. The highest BCUT2D eigenvalue weighted by Gasteiger charge is 2.46. The highest BCUT2D eigenvalue weighted by atomic mass is 19.4. The first-order chi connectivity index (χ1) is 16.1. The van der Waals surface area contributed by atoms with Crippen LogP contribution < -0.4 is 10.2 Å². The second-order valence-electron chi connectivity index (χ2n) is 8.32. The van der Waals surface area contributed by atoms with Crippen molar-refractivity contribution in [2.45, 2.75) is 25.4 Å². The van der Waals surface area contributed by atoms with Crippen LogP contribution >= 0.6 is 0 Å². The third kappa shape index (κ3) is 4.89. The Labute approximate surface area is 190 Å². The number of aromatic nitrogens is 4. The quantitative estimate of drug-likeness (QED) is 0.479. The SMILES string of the molecule is N=Cc1ncc(N2CC3(CCN(C(=O)c4cnc(C(F)(F)F)nc4)CC3)C2)nc1NCC(F)F. The number of likely N-dealkylation sites (tertiary alicyclic amines) is 1. The molecule has 0 saturated carbocycles. The third-order valence-electron chi connectivity index (χ3n) is 5.99. The first kappa shape index (κ1) is 23.7. The summed E-state index contributed by atoms with van der Waals surface area (Å²) in [7, 11) is 0. The summed E-state index contributed by atoms with van der Waals surface area (Å²) in [4.78, 5) is 31.1. The standard InChI is InChI=1S/C20H21F5N8O/c21-14(22)8-28-16-13(5-26)27-9-15(31-16)33-10-19(11-33)1-3-32(4-2-19)17(34)12-6-29-18(30-7-12)20(23,24)25/h5-7,9,14,26H,1-4,8,10-11H2,(H,28,31). The molecule has 2 aromatic rings. The molecule has 4 heterocycles. The molecule has 14 heteroatoms. The van der Waals surface area contributed by atoms with E-state index in [1.807, 2.05) is 4.90 Å². The molecular formula is C20H21F5N8O. The predicted molar refractivity (Wildman–Crippen MR) is 111 cm³/mol. The molecule has 0 unspecified atom stereocenters. The Morgan fingerprint density at radius 2 is 1.79 bits per heavy atom. The maximum absolute atomic E-state index is 12.6. The van der Waals surface area contributed by atoms with Gasteiger partial charge < -0.3 is 20.5 Å². The maximum Gasteiger partial charge on any atom is 0.451 e. The molecule has 0 radical (unpaired) electrons. The fourth-order valence-corrected chi connectivity index (χ4v) is 4.14. The number of nitrogens with one attached hydrogen (secondary N) is 2. The summed E-state index contributed by atoms with van der Waals surface area (Å²) in [5, 5.41) is 9.86. The lowest BCUT2D eigenvalue weighted by Crippen LogP contribution is -2.61. The molecule has 9 nitrogen and oxygen atoms in total. The zero-order valence-electron chi connectivity index (χ0n) is 17.8. The lowest BCUT2D eigenvalue weighted by molar-refractivity contribution is -0.145. The average Bonchev–Trinajstić information content (AvgIpc) is 2.80. The monoisotopic (exact) mass is 484 g/mol. The van der Waals surface area contributed by atoms with Crippen LogP contribution in [-0.4, -0.2) is 76.1 Å². The minimum Gasteiger partial charge on any atom is -0.362 e. The highest BCUT2D eigenvalue weighted by molar-refractivity contribution is 5.93. The van der Waals surface area contributed by atoms with Gasteiger partial charge in [-0.05, 0) is 12.8 Å². The van der Waals surface area contributed by atoms with Crippen LogP contribution in [0.25, 0.3) is 0 Å². The molecular weight excluding hydrogens is 463 g/mol. The van der Waals surface area contributed by atoms with E-state index in [2.05, 4.69) is 25.3 Å². The number of piperidine rings is 1. The maximum atomic E-state index is 12.6. The van der Waals surface area contributed by atoms with Crippen molar-refractivity contribution in [2.75, 3.05) is 42.9 Å². The molecule has 182 valence electrons. The molecule has 2 saturated heterocycles. The second kappa shape index (κ2) is 9.06. The van der Waals surface area contributed by atoms with Crippen LogP contribution in [0.1, 0.15) is 34.7 Å². The molecule has 0 aromatic carbocycles. The molecule has 2 fully saturated rings. The van der Waals surface area contributed by atoms with Gasteiger partial charge in [0, 0.05) is 50.2 Å². The van der Waals surface area contributed by atoms with E-state index in [1.165, 1.54) is 6.20 Å². The summed E-state index contributed by atoms with van der Waals surface area (Å²) < 4.78 is 62.9. The van der Waals surface area contributed by atoms with Crippen LogP contribution in [0, 0.1) is 10.8 Å². The fourth-order valence-electron chi connectivity index (χ4n) is 4.14. The zero-order chi connectivity index (χ0) is 24.5. The molecule has 0 atom stereocenters. The van der Waals surface area contributed by atoms with E-state index >= 15 is 0 Å². The number of carbonyl (C=O) groups is 1. The molecule has 1 amide bonds. The highest BCUT2D eigenvalue weighted by Crippen LogP contribution is 2.42. The van der Waals surface area contributed by atoms with Crippen molar-refractivity contribution in [3.8, 4) is 0 Å². The Morgan fingerprint density at radius 3 is 2.35 bits per heavy atom. The van der Waals surface area contributed by atoms with E-state index in [1.54, 1.807) is 4.90 Å². The van der Waals surface area contributed by atoms with Crippen molar-refractivity contribution < 1.29 is 26.7 Å². The molecule has 34 heavy (non-hydrogen) atoms. The zero-order valence-corrected chi connectivity index (χ0v) is 17.8. The lowest BCUT2D eigenvalue weighted by Gasteiger charge is -2.54. The van der Waals surface area contributed by atoms with Crippen molar-refractivity contribution in [3.63, 3.8) is 0 Å². The molecule has 0 aliphatic carbocycles. The Kier molecular flexibility index (Phi) is 6.32. The van der Waals surface area contributed by atoms with Gasteiger partial charge in [0.2, 0.25) is 5.82 Å². The Morgan fingerprint density at radius 1 is 1.15 bits per heavy atom. The van der Waals surface area contributed by atoms with Crippen molar-refractivity contribution in [1.82, 2.24) is 24.8 Å². The fraction of sp³-hybridized carbons (Fsp3) is 0.500. The van der Waals surface area contributed by atoms with E-state index in [9.17, 15) is 26.7 Å². The van der Waals surface area contributed by atoms with Crippen LogP contribution in [0.5, 0.6) is 0 Å². The van der Waals surface area contributed by atoms with Gasteiger partial charge in [-0.3, -0.25) is 4.79 Å². The number of rotatable bonds is 6. The van der Waals surface area contributed by atoms with Gasteiger partial charge in [0.05, 0.1) is 18.3 Å². The first-order valence-electron chi connectivity index (χ1n) is 10.4. The normalized spacial score (nSPS) is 17.6. The number of halogens is 5. The van der Waals surface area contributed by atoms with Crippen LogP contribution in [0.2, 0.25) is 0 Å². The number of amides is 1. The van der Waals surface area contributed by atoms with Crippen LogP contribution in [0.3, 0.4) is 0 Å². The number of hydrogen-bond donors (Lipinski definition) is 2. The Balaban J connectivity index is 1.34. The molecule has 0 bridgehead atoms. The average molecular weight is 484 g/mol. The minimum absolute atomic E-state index is 0.00424. The van der Waals surface area contributed by atoms with Gasteiger partial charge in [-0.15, -0.1) is 0 Å². The van der Waals surface area contributed by atoms with Crippen LogP contribution in [-0.2, 0) is 6.18 Å². The van der Waals surface area contributed by atoms with Crippen molar-refractivity contribution in [2.24, 2.45) is 5.41 Å². The summed E-state index contributed by atoms with van der Waals surface area (Å²) in [5.41, 5.74) is 0.120. The van der Waals surface area contributed by atoms with E-state index in [0.29, 0.717) is 44.8 Å². The van der Waals surface area contributed by atoms with E-state index in [4.69, 9.17) is 5.41 Å². The summed E-state index contributed by atoms with van der Waals surface area (Å²) in [6, 6.07) is 0. The van der Waals surface area contributed by atoms with Crippen molar-refractivity contribution >= 4 is 23.8 Å². The molecule has 2 aliphatic heterocycles. The smallest absolute Gasteiger partial charge is 0.362 e. The van der Waals surface area contributed by atoms with Crippen LogP contribution in [0.15, 0.2) is 18.6 Å². The summed E-state index contributed by atoms with van der Waals surface area (Å²) >= 11 is 0. The van der Waals surface area contributed by atoms with Gasteiger partial charge in [0.25, 0.3) is 12.3 Å².